The first-order chi connectivity index (χ1) is 12.4. The van der Waals surface area contributed by atoms with Gasteiger partial charge in [-0.05, 0) is 37.1 Å². The quantitative estimate of drug-likeness (QED) is 0.613. The maximum atomic E-state index is 13.3. The van der Waals surface area contributed by atoms with Crippen molar-refractivity contribution in [1.82, 2.24) is 14.5 Å². The maximum absolute atomic E-state index is 13.3. The molecule has 1 aromatic carbocycles. The van der Waals surface area contributed by atoms with E-state index in [1.807, 2.05) is 0 Å². The maximum Gasteiger partial charge on any atom is 0.330 e. The molecule has 2 aromatic heterocycles. The molecule has 1 aliphatic carbocycles. The topological polar surface area (TPSA) is 123 Å². The number of hydrogen-bond donors (Lipinski definition) is 3. The lowest BCUT2D eigenvalue weighted by molar-refractivity contribution is 0.102. The molecule has 0 atom stereocenters. The molecule has 0 saturated heterocycles. The van der Waals surface area contributed by atoms with E-state index in [9.17, 15) is 18.8 Å². The van der Waals surface area contributed by atoms with Gasteiger partial charge in [0.1, 0.15) is 11.5 Å². The fourth-order valence-corrected chi connectivity index (χ4v) is 2.76. The number of rotatable bonds is 3. The Balaban J connectivity index is 1.75. The van der Waals surface area contributed by atoms with Crippen molar-refractivity contribution in [2.24, 2.45) is 0 Å². The first-order valence-corrected chi connectivity index (χ1v) is 7.95. The van der Waals surface area contributed by atoms with Gasteiger partial charge in [0.2, 0.25) is 0 Å². The van der Waals surface area contributed by atoms with Crippen LogP contribution in [0.2, 0.25) is 0 Å². The first-order valence-electron chi connectivity index (χ1n) is 7.95. The van der Waals surface area contributed by atoms with Gasteiger partial charge in [0.25, 0.3) is 11.5 Å². The zero-order valence-electron chi connectivity index (χ0n) is 13.5. The van der Waals surface area contributed by atoms with Gasteiger partial charge >= 0.3 is 5.69 Å². The molecule has 26 heavy (non-hydrogen) atoms. The van der Waals surface area contributed by atoms with E-state index in [4.69, 9.17) is 5.73 Å². The third-order valence-electron chi connectivity index (χ3n) is 4.22. The Morgan fingerprint density at radius 1 is 1.31 bits per heavy atom. The Morgan fingerprint density at radius 2 is 2.08 bits per heavy atom. The number of aromatic amines is 1. The van der Waals surface area contributed by atoms with Crippen LogP contribution in [-0.4, -0.2) is 20.4 Å². The monoisotopic (exact) mass is 355 g/mol. The molecular formula is C17H14FN5O3. The van der Waals surface area contributed by atoms with Crippen LogP contribution in [0.25, 0.3) is 11.0 Å². The van der Waals surface area contributed by atoms with E-state index in [-0.39, 0.29) is 34.0 Å². The normalized spacial score (nSPS) is 13.7. The van der Waals surface area contributed by atoms with Crippen LogP contribution in [0.4, 0.5) is 15.8 Å². The van der Waals surface area contributed by atoms with Crippen LogP contribution in [0, 0.1) is 5.82 Å². The van der Waals surface area contributed by atoms with E-state index < -0.39 is 23.0 Å². The third-order valence-corrected chi connectivity index (χ3v) is 4.22. The summed E-state index contributed by atoms with van der Waals surface area (Å²) in [5.41, 5.74) is 5.24. The number of nitrogen functional groups attached to an aromatic ring is 1. The number of pyridine rings is 1. The second-order valence-corrected chi connectivity index (χ2v) is 6.14. The second-order valence-electron chi connectivity index (χ2n) is 6.14. The Bertz CT molecular complexity index is 1160. The fourth-order valence-electron chi connectivity index (χ4n) is 2.76. The Hall–Kier alpha value is -3.49. The van der Waals surface area contributed by atoms with Gasteiger partial charge in [-0.15, -0.1) is 0 Å². The molecule has 3 aromatic rings. The van der Waals surface area contributed by atoms with Crippen molar-refractivity contribution in [3.8, 4) is 0 Å². The van der Waals surface area contributed by atoms with Crippen LogP contribution < -0.4 is 22.3 Å². The van der Waals surface area contributed by atoms with Crippen LogP contribution in [0.5, 0.6) is 0 Å². The van der Waals surface area contributed by atoms with E-state index in [2.05, 4.69) is 15.3 Å². The Morgan fingerprint density at radius 3 is 2.81 bits per heavy atom. The number of benzene rings is 1. The Kier molecular flexibility index (Phi) is 3.57. The van der Waals surface area contributed by atoms with E-state index in [0.29, 0.717) is 0 Å². The summed E-state index contributed by atoms with van der Waals surface area (Å²) in [6.07, 6.45) is 2.94. The predicted molar refractivity (Wildman–Crippen MR) is 93.7 cm³/mol. The lowest BCUT2D eigenvalue weighted by Gasteiger charge is -2.10. The number of aromatic nitrogens is 3. The number of fused-ring (bicyclic) bond motifs is 1. The fraction of sp³-hybridized carbons (Fsp3) is 0.176. The summed E-state index contributed by atoms with van der Waals surface area (Å²) >= 11 is 0. The van der Waals surface area contributed by atoms with Gasteiger partial charge in [-0.25, -0.2) is 14.2 Å². The number of halogens is 1. The molecule has 2 heterocycles. The standard InChI is InChI=1S/C17H14FN5O3/c18-9-1-4-12(19)13(6-9)21-15(24)8-5-11-14(20-7-8)23(10-2-3-10)17(26)22-16(11)25/h1,4-7,10H,2-3,19H2,(H,21,24)(H,22,25,26). The molecular weight excluding hydrogens is 341 g/mol. The molecule has 0 bridgehead atoms. The summed E-state index contributed by atoms with van der Waals surface area (Å²) in [4.78, 5) is 42.9. The molecule has 4 N–H and O–H groups in total. The van der Waals surface area contributed by atoms with Crippen molar-refractivity contribution < 1.29 is 9.18 Å². The molecule has 9 heteroatoms. The van der Waals surface area contributed by atoms with Crippen molar-refractivity contribution in [2.45, 2.75) is 18.9 Å². The highest BCUT2D eigenvalue weighted by Gasteiger charge is 2.27. The molecule has 1 saturated carbocycles. The molecule has 0 spiro atoms. The van der Waals surface area contributed by atoms with Gasteiger partial charge in [0, 0.05) is 12.2 Å². The van der Waals surface area contributed by atoms with E-state index >= 15 is 0 Å². The Labute approximate surface area is 145 Å². The lowest BCUT2D eigenvalue weighted by Crippen LogP contribution is -2.30. The van der Waals surface area contributed by atoms with Crippen LogP contribution in [0.15, 0.2) is 40.1 Å². The molecule has 1 fully saturated rings. The minimum absolute atomic E-state index is 0.0149. The molecule has 0 radical (unpaired) electrons. The van der Waals surface area contributed by atoms with Crippen molar-refractivity contribution >= 4 is 28.3 Å². The van der Waals surface area contributed by atoms with Crippen molar-refractivity contribution in [3.05, 3.63) is 62.7 Å². The largest absolute Gasteiger partial charge is 0.397 e. The van der Waals surface area contributed by atoms with Gasteiger partial charge in [-0.3, -0.25) is 19.1 Å². The van der Waals surface area contributed by atoms with Gasteiger partial charge in [-0.1, -0.05) is 0 Å². The smallest absolute Gasteiger partial charge is 0.330 e. The average Bonchev–Trinajstić information content (AvgIpc) is 3.43. The SMILES string of the molecule is Nc1ccc(F)cc1NC(=O)c1cnc2c(c1)c(=O)[nH]c(=O)n2C1CC1. The number of nitrogens with one attached hydrogen (secondary N) is 2. The first kappa shape index (κ1) is 16.0. The summed E-state index contributed by atoms with van der Waals surface area (Å²) < 4.78 is 14.8. The summed E-state index contributed by atoms with van der Waals surface area (Å²) in [5, 5.41) is 2.62. The number of amides is 1. The van der Waals surface area contributed by atoms with E-state index in [1.54, 1.807) is 0 Å². The van der Waals surface area contributed by atoms with Crippen LogP contribution in [0.3, 0.4) is 0 Å². The number of anilines is 2. The third kappa shape index (κ3) is 2.73. The molecule has 132 valence electrons. The summed E-state index contributed by atoms with van der Waals surface area (Å²) in [7, 11) is 0. The highest BCUT2D eigenvalue weighted by Crippen LogP contribution is 2.34. The predicted octanol–water partition coefficient (Wildman–Crippen LogP) is 1.39. The molecule has 4 rings (SSSR count). The van der Waals surface area contributed by atoms with Gasteiger partial charge in [0.05, 0.1) is 22.3 Å². The zero-order valence-corrected chi connectivity index (χ0v) is 13.5. The van der Waals surface area contributed by atoms with Gasteiger partial charge < -0.3 is 11.1 Å². The number of carbonyl (C=O) groups excluding carboxylic acids is 1. The molecule has 8 nitrogen and oxygen atoms in total. The minimum atomic E-state index is -0.616. The van der Waals surface area contributed by atoms with E-state index in [0.717, 1.165) is 18.9 Å². The average molecular weight is 355 g/mol. The number of carbonyl (C=O) groups is 1. The minimum Gasteiger partial charge on any atom is -0.397 e. The number of nitrogens with zero attached hydrogens (tertiary/aromatic N) is 2. The molecule has 0 unspecified atom stereocenters. The number of hydrogen-bond acceptors (Lipinski definition) is 5. The van der Waals surface area contributed by atoms with Crippen LogP contribution in [-0.2, 0) is 0 Å². The van der Waals surface area contributed by atoms with Gasteiger partial charge in [-0.2, -0.15) is 0 Å². The second kappa shape index (κ2) is 5.80. The lowest BCUT2D eigenvalue weighted by atomic mass is 10.2. The number of H-pyrrole nitrogens is 1. The highest BCUT2D eigenvalue weighted by atomic mass is 19.1. The van der Waals surface area contributed by atoms with Crippen LogP contribution in [0.1, 0.15) is 29.2 Å². The summed E-state index contributed by atoms with van der Waals surface area (Å²) in [6, 6.07) is 4.98. The van der Waals surface area contributed by atoms with Crippen LogP contribution >= 0.6 is 0 Å². The number of nitrogens with two attached hydrogens (primary N) is 1. The van der Waals surface area contributed by atoms with Crippen molar-refractivity contribution in [3.63, 3.8) is 0 Å². The highest BCUT2D eigenvalue weighted by molar-refractivity contribution is 6.06. The van der Waals surface area contributed by atoms with Crippen molar-refractivity contribution in [1.29, 1.82) is 0 Å². The summed E-state index contributed by atoms with van der Waals surface area (Å²) in [6.45, 7) is 0. The molecule has 1 amide bonds. The zero-order chi connectivity index (χ0) is 18.4. The van der Waals surface area contributed by atoms with E-state index in [1.165, 1.54) is 29.0 Å². The van der Waals surface area contributed by atoms with Gasteiger partial charge in [0.15, 0.2) is 0 Å². The van der Waals surface area contributed by atoms with Crippen molar-refractivity contribution in [2.75, 3.05) is 11.1 Å². The molecule has 1 aliphatic rings. The molecule has 0 aliphatic heterocycles. The summed E-state index contributed by atoms with van der Waals surface area (Å²) in [5.74, 6) is -1.14.